The highest BCUT2D eigenvalue weighted by Crippen LogP contribution is 2.48. The lowest BCUT2D eigenvalue weighted by atomic mass is 9.88. The van der Waals surface area contributed by atoms with Crippen LogP contribution in [-0.4, -0.2) is 47.2 Å². The lowest BCUT2D eigenvalue weighted by molar-refractivity contribution is 0.135. The Balaban J connectivity index is 1.36. The van der Waals surface area contributed by atoms with E-state index in [1.54, 1.807) is 5.57 Å². The average Bonchev–Trinajstić information content (AvgIpc) is 3.39. The summed E-state index contributed by atoms with van der Waals surface area (Å²) in [6.07, 6.45) is 18.6. The zero-order chi connectivity index (χ0) is 19.8. The van der Waals surface area contributed by atoms with E-state index in [9.17, 15) is 10.2 Å². The van der Waals surface area contributed by atoms with Gasteiger partial charge < -0.3 is 20.6 Å². The van der Waals surface area contributed by atoms with E-state index in [0.717, 1.165) is 45.2 Å². The van der Waals surface area contributed by atoms with Crippen molar-refractivity contribution in [2.75, 3.05) is 19.7 Å². The maximum Gasteiger partial charge on any atom is 0.0749 e. The Morgan fingerprint density at radius 3 is 2.68 bits per heavy atom. The summed E-state index contributed by atoms with van der Waals surface area (Å²) in [7, 11) is 0. The van der Waals surface area contributed by atoms with Crippen LogP contribution < -0.4 is 5.32 Å². The molecule has 0 spiro atoms. The quantitative estimate of drug-likeness (QED) is 0.303. The molecule has 0 aromatic heterocycles. The van der Waals surface area contributed by atoms with E-state index < -0.39 is 0 Å². The minimum Gasteiger partial charge on any atom is -0.396 e. The van der Waals surface area contributed by atoms with E-state index in [1.807, 2.05) is 6.08 Å². The monoisotopic (exact) mass is 391 g/mol. The molecule has 0 unspecified atom stereocenters. The van der Waals surface area contributed by atoms with Crippen LogP contribution in [0.15, 0.2) is 23.8 Å². The zero-order valence-electron chi connectivity index (χ0n) is 17.4. The molecule has 4 N–H and O–H groups in total. The van der Waals surface area contributed by atoms with Crippen molar-refractivity contribution in [1.82, 2.24) is 5.32 Å². The minimum atomic E-state index is -0.325. The number of hydrogen-bond donors (Lipinski definition) is 4. The van der Waals surface area contributed by atoms with Gasteiger partial charge in [0.15, 0.2) is 0 Å². The summed E-state index contributed by atoms with van der Waals surface area (Å²) in [6.45, 7) is 2.23. The molecule has 3 aliphatic carbocycles. The highest BCUT2D eigenvalue weighted by atomic mass is 16.3. The van der Waals surface area contributed by atoms with Crippen molar-refractivity contribution in [2.45, 2.75) is 82.8 Å². The zero-order valence-corrected chi connectivity index (χ0v) is 17.4. The number of unbranched alkanes of at least 4 members (excludes halogenated alkanes) is 2. The number of aliphatic hydroxyl groups is 3. The molecule has 2 saturated carbocycles. The molecule has 160 valence electrons. The van der Waals surface area contributed by atoms with E-state index >= 15 is 0 Å². The van der Waals surface area contributed by atoms with Crippen LogP contribution >= 0.6 is 0 Å². The SMILES string of the molecule is OCCCNCCCCCC1=C[C@H]2C[C@@H](O)[C@H](/C=C/[C@@H](O)C3CCCC3)[C@H]2C1. The van der Waals surface area contributed by atoms with Gasteiger partial charge in [-0.15, -0.1) is 0 Å². The van der Waals surface area contributed by atoms with Crippen molar-refractivity contribution in [3.05, 3.63) is 23.8 Å². The Hall–Kier alpha value is -0.680. The minimum absolute atomic E-state index is 0.213. The number of allylic oxidation sites excluding steroid dienone is 2. The number of rotatable bonds is 12. The normalized spacial score (nSPS) is 31.6. The molecule has 0 amide bonds. The van der Waals surface area contributed by atoms with Crippen LogP contribution in [-0.2, 0) is 0 Å². The van der Waals surface area contributed by atoms with Gasteiger partial charge >= 0.3 is 0 Å². The molecule has 0 aromatic rings. The van der Waals surface area contributed by atoms with Crippen LogP contribution in [0, 0.1) is 23.7 Å². The van der Waals surface area contributed by atoms with Gasteiger partial charge in [0.1, 0.15) is 0 Å². The van der Waals surface area contributed by atoms with Gasteiger partial charge in [0.05, 0.1) is 12.2 Å². The molecule has 0 aromatic carbocycles. The molecule has 0 heterocycles. The van der Waals surface area contributed by atoms with Crippen molar-refractivity contribution >= 4 is 0 Å². The molecule has 0 bridgehead atoms. The standard InChI is InChI=1S/C24H41NO3/c26-14-6-13-25-12-5-1-2-7-18-15-20-17-24(28)21(22(20)16-18)10-11-23(27)19-8-3-4-9-19/h10-11,15,19-28H,1-9,12-14,16-17H2/b11-10+/t20-,21+,22-,23+,24+/m0/s1. The van der Waals surface area contributed by atoms with Crippen LogP contribution in [0.1, 0.15) is 70.6 Å². The Labute approximate surface area is 171 Å². The third-order valence-electron chi connectivity index (χ3n) is 7.23. The molecule has 0 radical (unpaired) electrons. The van der Waals surface area contributed by atoms with E-state index in [2.05, 4.69) is 17.5 Å². The summed E-state index contributed by atoms with van der Waals surface area (Å²) >= 11 is 0. The molecule has 2 fully saturated rings. The fourth-order valence-corrected chi connectivity index (χ4v) is 5.60. The van der Waals surface area contributed by atoms with Gasteiger partial charge in [0, 0.05) is 12.5 Å². The summed E-state index contributed by atoms with van der Waals surface area (Å²) < 4.78 is 0. The molecule has 4 heteroatoms. The van der Waals surface area contributed by atoms with Gasteiger partial charge in [-0.05, 0) is 82.2 Å². The van der Waals surface area contributed by atoms with Crippen LogP contribution in [0.5, 0.6) is 0 Å². The molecule has 0 saturated heterocycles. The van der Waals surface area contributed by atoms with Crippen molar-refractivity contribution in [3.8, 4) is 0 Å². The summed E-state index contributed by atoms with van der Waals surface area (Å²) in [5.74, 6) is 1.71. The highest BCUT2D eigenvalue weighted by molar-refractivity contribution is 5.21. The summed E-state index contributed by atoms with van der Waals surface area (Å²) in [5.41, 5.74) is 1.59. The van der Waals surface area contributed by atoms with Crippen LogP contribution in [0.4, 0.5) is 0 Å². The van der Waals surface area contributed by atoms with E-state index in [4.69, 9.17) is 5.11 Å². The highest BCUT2D eigenvalue weighted by Gasteiger charge is 2.43. The number of hydrogen-bond acceptors (Lipinski definition) is 4. The Morgan fingerprint density at radius 1 is 1.11 bits per heavy atom. The topological polar surface area (TPSA) is 72.7 Å². The Morgan fingerprint density at radius 2 is 1.89 bits per heavy atom. The fraction of sp³-hybridized carbons (Fsp3) is 0.833. The smallest absolute Gasteiger partial charge is 0.0749 e. The second kappa shape index (κ2) is 11.5. The Bertz CT molecular complexity index is 512. The number of fused-ring (bicyclic) bond motifs is 1. The largest absolute Gasteiger partial charge is 0.396 e. The van der Waals surface area contributed by atoms with Crippen molar-refractivity contribution in [1.29, 1.82) is 0 Å². The molecule has 4 nitrogen and oxygen atoms in total. The summed E-state index contributed by atoms with van der Waals surface area (Å²) in [4.78, 5) is 0. The molecule has 5 atom stereocenters. The van der Waals surface area contributed by atoms with E-state index in [-0.39, 0.29) is 24.7 Å². The molecule has 3 rings (SSSR count). The second-order valence-corrected chi connectivity index (χ2v) is 9.29. The van der Waals surface area contributed by atoms with Gasteiger partial charge in [-0.3, -0.25) is 0 Å². The van der Waals surface area contributed by atoms with Crippen molar-refractivity contribution in [2.24, 2.45) is 23.7 Å². The van der Waals surface area contributed by atoms with Crippen molar-refractivity contribution in [3.63, 3.8) is 0 Å². The fourth-order valence-electron chi connectivity index (χ4n) is 5.60. The molecule has 3 aliphatic rings. The third kappa shape index (κ3) is 6.16. The van der Waals surface area contributed by atoms with Crippen LogP contribution in [0.2, 0.25) is 0 Å². The first kappa shape index (κ1) is 22.0. The lowest BCUT2D eigenvalue weighted by Gasteiger charge is -2.20. The van der Waals surface area contributed by atoms with Crippen LogP contribution in [0.3, 0.4) is 0 Å². The van der Waals surface area contributed by atoms with Gasteiger partial charge in [0.25, 0.3) is 0 Å². The first-order valence-electron chi connectivity index (χ1n) is 11.7. The predicted octanol–water partition coefficient (Wildman–Crippen LogP) is 3.57. The van der Waals surface area contributed by atoms with E-state index in [1.165, 1.54) is 38.5 Å². The lowest BCUT2D eigenvalue weighted by Crippen LogP contribution is -2.20. The average molecular weight is 392 g/mol. The van der Waals surface area contributed by atoms with Crippen molar-refractivity contribution < 1.29 is 15.3 Å². The summed E-state index contributed by atoms with van der Waals surface area (Å²) in [6, 6.07) is 0. The van der Waals surface area contributed by atoms with Gasteiger partial charge in [0.2, 0.25) is 0 Å². The van der Waals surface area contributed by atoms with Gasteiger partial charge in [-0.1, -0.05) is 43.1 Å². The molecule has 28 heavy (non-hydrogen) atoms. The number of aliphatic hydroxyl groups excluding tert-OH is 3. The van der Waals surface area contributed by atoms with E-state index in [0.29, 0.717) is 17.8 Å². The predicted molar refractivity (Wildman–Crippen MR) is 114 cm³/mol. The maximum absolute atomic E-state index is 10.5. The second-order valence-electron chi connectivity index (χ2n) is 9.29. The number of nitrogens with one attached hydrogen (secondary N) is 1. The molecular formula is C24H41NO3. The van der Waals surface area contributed by atoms with Crippen LogP contribution in [0.25, 0.3) is 0 Å². The summed E-state index contributed by atoms with van der Waals surface area (Å²) in [5, 5.41) is 33.1. The third-order valence-corrected chi connectivity index (χ3v) is 7.23. The van der Waals surface area contributed by atoms with Gasteiger partial charge in [-0.25, -0.2) is 0 Å². The van der Waals surface area contributed by atoms with Gasteiger partial charge in [-0.2, -0.15) is 0 Å². The maximum atomic E-state index is 10.5. The first-order chi connectivity index (χ1) is 13.7. The first-order valence-corrected chi connectivity index (χ1v) is 11.7. The molecular weight excluding hydrogens is 350 g/mol. The Kier molecular flexibility index (Phi) is 9.04. The molecule has 0 aliphatic heterocycles.